The van der Waals surface area contributed by atoms with E-state index in [2.05, 4.69) is 0 Å². The zero-order chi connectivity index (χ0) is 10.3. The summed E-state index contributed by atoms with van der Waals surface area (Å²) in [5, 5.41) is 0. The Bertz CT molecular complexity index is 314. The zero-order valence-electron chi connectivity index (χ0n) is 8.22. The summed E-state index contributed by atoms with van der Waals surface area (Å²) in [4.78, 5) is 0. The van der Waals surface area contributed by atoms with Gasteiger partial charge in [0.15, 0.2) is 0 Å². The van der Waals surface area contributed by atoms with Gasteiger partial charge < -0.3 is 18.3 Å². The lowest BCUT2D eigenvalue weighted by Crippen LogP contribution is -1.99. The van der Waals surface area contributed by atoms with E-state index in [9.17, 15) is 0 Å². The van der Waals surface area contributed by atoms with E-state index in [-0.39, 0.29) is 6.79 Å². The molecule has 0 radical (unpaired) electrons. The molecule has 4 heteroatoms. The van der Waals surface area contributed by atoms with E-state index in [1.807, 2.05) is 24.3 Å². The summed E-state index contributed by atoms with van der Waals surface area (Å²) in [5.74, 6) is 1.58. The molecule has 15 heavy (non-hydrogen) atoms. The predicted molar refractivity (Wildman–Crippen MR) is 51.9 cm³/mol. The maximum absolute atomic E-state index is 5.22. The molecule has 80 valence electrons. The monoisotopic (exact) mass is 208 g/mol. The van der Waals surface area contributed by atoms with Gasteiger partial charge in [-0.25, -0.2) is 0 Å². The SMILES string of the molecule is c1coc(COCOCc2ccco2)c1. The van der Waals surface area contributed by atoms with Crippen LogP contribution in [0.1, 0.15) is 11.5 Å². The summed E-state index contributed by atoms with van der Waals surface area (Å²) in [5.41, 5.74) is 0. The fourth-order valence-corrected chi connectivity index (χ4v) is 1.13. The van der Waals surface area contributed by atoms with Crippen molar-refractivity contribution in [3.8, 4) is 0 Å². The standard InChI is InChI=1S/C11H12O4/c1-3-10(14-5-1)7-12-9-13-8-11-4-2-6-15-11/h1-6H,7-9H2. The molecule has 0 amide bonds. The number of furan rings is 2. The molecule has 0 saturated carbocycles. The van der Waals surface area contributed by atoms with E-state index < -0.39 is 0 Å². The summed E-state index contributed by atoms with van der Waals surface area (Å²) in [6.07, 6.45) is 3.23. The first kappa shape index (κ1) is 10.0. The van der Waals surface area contributed by atoms with Crippen LogP contribution in [-0.4, -0.2) is 6.79 Å². The largest absolute Gasteiger partial charge is 0.467 e. The van der Waals surface area contributed by atoms with Crippen LogP contribution >= 0.6 is 0 Å². The molecule has 0 saturated heterocycles. The fourth-order valence-electron chi connectivity index (χ4n) is 1.13. The van der Waals surface area contributed by atoms with E-state index in [1.54, 1.807) is 12.5 Å². The Morgan fingerprint density at radius 3 is 1.80 bits per heavy atom. The minimum atomic E-state index is 0.224. The lowest BCUT2D eigenvalue weighted by molar-refractivity contribution is -0.0765. The second-order valence-electron chi connectivity index (χ2n) is 2.97. The molecule has 0 aliphatic carbocycles. The van der Waals surface area contributed by atoms with Crippen molar-refractivity contribution < 1.29 is 18.3 Å². The first-order valence-electron chi connectivity index (χ1n) is 4.65. The molecule has 0 N–H and O–H groups in total. The van der Waals surface area contributed by atoms with Gasteiger partial charge >= 0.3 is 0 Å². The Labute approximate surface area is 87.4 Å². The molecule has 2 aromatic heterocycles. The van der Waals surface area contributed by atoms with Crippen molar-refractivity contribution in [1.82, 2.24) is 0 Å². The molecule has 2 aromatic rings. The van der Waals surface area contributed by atoms with Crippen LogP contribution < -0.4 is 0 Å². The first-order valence-corrected chi connectivity index (χ1v) is 4.65. The van der Waals surface area contributed by atoms with Crippen LogP contribution in [0.4, 0.5) is 0 Å². The summed E-state index contributed by atoms with van der Waals surface area (Å²) >= 11 is 0. The predicted octanol–water partition coefficient (Wildman–Crippen LogP) is 2.56. The molecule has 0 atom stereocenters. The van der Waals surface area contributed by atoms with Crippen molar-refractivity contribution >= 4 is 0 Å². The van der Waals surface area contributed by atoms with Crippen molar-refractivity contribution in [2.45, 2.75) is 13.2 Å². The molecule has 0 spiro atoms. The molecular formula is C11H12O4. The fraction of sp³-hybridized carbons (Fsp3) is 0.273. The minimum absolute atomic E-state index is 0.224. The lowest BCUT2D eigenvalue weighted by Gasteiger charge is -2.02. The summed E-state index contributed by atoms with van der Waals surface area (Å²) in [7, 11) is 0. The van der Waals surface area contributed by atoms with Gasteiger partial charge in [0.25, 0.3) is 0 Å². The number of rotatable bonds is 6. The minimum Gasteiger partial charge on any atom is -0.467 e. The molecule has 0 unspecified atom stereocenters. The molecule has 0 fully saturated rings. The third kappa shape index (κ3) is 3.27. The van der Waals surface area contributed by atoms with Crippen LogP contribution in [0.15, 0.2) is 45.6 Å². The highest BCUT2D eigenvalue weighted by Gasteiger charge is 1.97. The van der Waals surface area contributed by atoms with Gasteiger partial charge in [-0.3, -0.25) is 0 Å². The molecule has 0 aliphatic rings. The van der Waals surface area contributed by atoms with Crippen molar-refractivity contribution in [2.24, 2.45) is 0 Å². The van der Waals surface area contributed by atoms with Gasteiger partial charge in [-0.15, -0.1) is 0 Å². The van der Waals surface area contributed by atoms with Crippen molar-refractivity contribution in [3.05, 3.63) is 48.3 Å². The topological polar surface area (TPSA) is 44.7 Å². The molecule has 0 bridgehead atoms. The van der Waals surface area contributed by atoms with Gasteiger partial charge in [0, 0.05) is 0 Å². The Kier molecular flexibility index (Phi) is 3.59. The average molecular weight is 208 g/mol. The molecule has 2 rings (SSSR count). The van der Waals surface area contributed by atoms with Crippen molar-refractivity contribution in [3.63, 3.8) is 0 Å². The Morgan fingerprint density at radius 2 is 1.40 bits per heavy atom. The van der Waals surface area contributed by atoms with E-state index in [1.165, 1.54) is 0 Å². The van der Waals surface area contributed by atoms with E-state index >= 15 is 0 Å². The number of hydrogen-bond donors (Lipinski definition) is 0. The van der Waals surface area contributed by atoms with E-state index in [0.717, 1.165) is 11.5 Å². The summed E-state index contributed by atoms with van der Waals surface area (Å²) < 4.78 is 20.6. The second-order valence-corrected chi connectivity index (χ2v) is 2.97. The van der Waals surface area contributed by atoms with Gasteiger partial charge in [-0.1, -0.05) is 0 Å². The Hall–Kier alpha value is -1.52. The van der Waals surface area contributed by atoms with Crippen LogP contribution in [-0.2, 0) is 22.7 Å². The maximum Gasteiger partial charge on any atom is 0.147 e. The number of hydrogen-bond acceptors (Lipinski definition) is 4. The van der Waals surface area contributed by atoms with E-state index in [0.29, 0.717) is 13.2 Å². The molecular weight excluding hydrogens is 196 g/mol. The Morgan fingerprint density at radius 1 is 0.867 bits per heavy atom. The second kappa shape index (κ2) is 5.38. The summed E-state index contributed by atoms with van der Waals surface area (Å²) in [6.45, 7) is 1.07. The van der Waals surface area contributed by atoms with Crippen molar-refractivity contribution in [2.75, 3.05) is 6.79 Å². The van der Waals surface area contributed by atoms with Crippen LogP contribution in [0, 0.1) is 0 Å². The highest BCUT2D eigenvalue weighted by atomic mass is 16.7. The van der Waals surface area contributed by atoms with Gasteiger partial charge in [0.2, 0.25) is 0 Å². The van der Waals surface area contributed by atoms with Gasteiger partial charge in [-0.05, 0) is 24.3 Å². The Balaban J connectivity index is 1.56. The van der Waals surface area contributed by atoms with E-state index in [4.69, 9.17) is 18.3 Å². The molecule has 0 aromatic carbocycles. The normalized spacial score (nSPS) is 10.7. The number of ether oxygens (including phenoxy) is 2. The third-order valence-electron chi connectivity index (χ3n) is 1.82. The molecule has 0 aliphatic heterocycles. The maximum atomic E-state index is 5.22. The molecule has 4 nitrogen and oxygen atoms in total. The first-order chi connectivity index (χ1) is 7.45. The smallest absolute Gasteiger partial charge is 0.147 e. The van der Waals surface area contributed by atoms with Crippen LogP contribution in [0.25, 0.3) is 0 Å². The van der Waals surface area contributed by atoms with Gasteiger partial charge in [-0.2, -0.15) is 0 Å². The van der Waals surface area contributed by atoms with Crippen LogP contribution in [0.3, 0.4) is 0 Å². The highest BCUT2D eigenvalue weighted by molar-refractivity contribution is 4.96. The van der Waals surface area contributed by atoms with Crippen molar-refractivity contribution in [1.29, 1.82) is 0 Å². The lowest BCUT2D eigenvalue weighted by atomic mass is 10.5. The van der Waals surface area contributed by atoms with Gasteiger partial charge in [0.05, 0.1) is 12.5 Å². The third-order valence-corrected chi connectivity index (χ3v) is 1.82. The summed E-state index contributed by atoms with van der Waals surface area (Å²) in [6, 6.07) is 7.35. The highest BCUT2D eigenvalue weighted by Crippen LogP contribution is 2.04. The average Bonchev–Trinajstić information content (AvgIpc) is 2.88. The quantitative estimate of drug-likeness (QED) is 0.540. The van der Waals surface area contributed by atoms with Crippen LogP contribution in [0.2, 0.25) is 0 Å². The molecule has 2 heterocycles. The zero-order valence-corrected chi connectivity index (χ0v) is 8.22. The van der Waals surface area contributed by atoms with Crippen LogP contribution in [0.5, 0.6) is 0 Å². The van der Waals surface area contributed by atoms with Gasteiger partial charge in [0.1, 0.15) is 31.5 Å².